The van der Waals surface area contributed by atoms with E-state index in [1.165, 1.54) is 7.11 Å². The van der Waals surface area contributed by atoms with Crippen LogP contribution in [0.4, 0.5) is 0 Å². The van der Waals surface area contributed by atoms with E-state index < -0.39 is 5.97 Å². The fraction of sp³-hybridized carbons (Fsp3) is 0.280. The molecule has 0 spiro atoms. The van der Waals surface area contributed by atoms with E-state index in [9.17, 15) is 9.59 Å². The molecule has 0 fully saturated rings. The second kappa shape index (κ2) is 10.0. The minimum absolute atomic E-state index is 0.244. The largest absolute Gasteiger partial charge is 0.497 e. The van der Waals surface area contributed by atoms with Crippen molar-refractivity contribution in [1.29, 1.82) is 0 Å². The highest BCUT2D eigenvalue weighted by Gasteiger charge is 2.36. The van der Waals surface area contributed by atoms with Gasteiger partial charge >= 0.3 is 5.97 Å². The summed E-state index contributed by atoms with van der Waals surface area (Å²) in [6, 6.07) is 12.9. The van der Waals surface area contributed by atoms with Crippen molar-refractivity contribution in [3.05, 3.63) is 70.4 Å². The fourth-order valence-electron chi connectivity index (χ4n) is 3.67. The first kappa shape index (κ1) is 22.9. The van der Waals surface area contributed by atoms with Crippen LogP contribution >= 0.6 is 0 Å². The molecule has 0 saturated carbocycles. The van der Waals surface area contributed by atoms with E-state index in [0.717, 1.165) is 11.1 Å². The summed E-state index contributed by atoms with van der Waals surface area (Å²) in [6.07, 6.45) is 2.27. The molecule has 1 aliphatic heterocycles. The van der Waals surface area contributed by atoms with Gasteiger partial charge in [0.1, 0.15) is 5.75 Å². The van der Waals surface area contributed by atoms with Crippen molar-refractivity contribution in [2.45, 2.75) is 13.3 Å². The number of nitrogens with zero attached hydrogens (tertiary/aromatic N) is 1. The van der Waals surface area contributed by atoms with E-state index >= 15 is 0 Å². The molecule has 0 N–H and O–H groups in total. The van der Waals surface area contributed by atoms with Crippen LogP contribution in [0.25, 0.3) is 6.08 Å². The lowest BCUT2D eigenvalue weighted by Crippen LogP contribution is -2.27. The van der Waals surface area contributed by atoms with E-state index in [2.05, 4.69) is 0 Å². The normalized spacial score (nSPS) is 14.7. The van der Waals surface area contributed by atoms with Crippen molar-refractivity contribution < 1.29 is 28.5 Å². The monoisotopic (exact) mass is 437 g/mol. The zero-order valence-corrected chi connectivity index (χ0v) is 18.9. The Kier molecular flexibility index (Phi) is 7.20. The number of carbonyl (C=O) groups is 2. The summed E-state index contributed by atoms with van der Waals surface area (Å²) in [4.78, 5) is 27.4. The van der Waals surface area contributed by atoms with Gasteiger partial charge in [-0.15, -0.1) is 0 Å². The number of rotatable bonds is 8. The van der Waals surface area contributed by atoms with Gasteiger partial charge in [-0.05, 0) is 54.8 Å². The van der Waals surface area contributed by atoms with Crippen LogP contribution in [-0.2, 0) is 20.7 Å². The summed E-state index contributed by atoms with van der Waals surface area (Å²) in [7, 11) is 6.05. The van der Waals surface area contributed by atoms with E-state index in [4.69, 9.17) is 18.9 Å². The highest BCUT2D eigenvalue weighted by atomic mass is 16.5. The van der Waals surface area contributed by atoms with Gasteiger partial charge in [0, 0.05) is 12.2 Å². The van der Waals surface area contributed by atoms with Crippen LogP contribution < -0.4 is 14.2 Å². The van der Waals surface area contributed by atoms with E-state index in [0.29, 0.717) is 41.5 Å². The minimum Gasteiger partial charge on any atom is -0.497 e. The Hall–Kier alpha value is -3.74. The molecule has 1 amide bonds. The van der Waals surface area contributed by atoms with E-state index in [-0.39, 0.29) is 11.5 Å². The van der Waals surface area contributed by atoms with Crippen molar-refractivity contribution >= 4 is 18.0 Å². The Morgan fingerprint density at radius 3 is 2.38 bits per heavy atom. The van der Waals surface area contributed by atoms with Crippen molar-refractivity contribution in [3.8, 4) is 17.2 Å². The molecule has 0 aromatic heterocycles. The van der Waals surface area contributed by atoms with Crippen LogP contribution in [0.2, 0.25) is 0 Å². The number of esters is 1. The lowest BCUT2D eigenvalue weighted by atomic mass is 10.0. The number of ether oxygens (including phenoxy) is 4. The third-order valence-electron chi connectivity index (χ3n) is 5.38. The molecule has 0 unspecified atom stereocenters. The van der Waals surface area contributed by atoms with Crippen molar-refractivity contribution in [2.24, 2.45) is 0 Å². The standard InChI is InChI=1S/C25H27NO6/c1-16-23(25(28)32-5)20(14-18-7-6-8-19(13-18)29-2)24(27)26(16)12-11-17-9-10-21(30-3)22(15-17)31-4/h6-10,13-15H,11-12H2,1-5H3/b20-14-. The lowest BCUT2D eigenvalue weighted by Gasteiger charge is -2.18. The Balaban J connectivity index is 1.90. The Morgan fingerprint density at radius 1 is 0.969 bits per heavy atom. The summed E-state index contributed by atoms with van der Waals surface area (Å²) in [6.45, 7) is 2.15. The molecule has 0 radical (unpaired) electrons. The molecule has 168 valence electrons. The number of allylic oxidation sites excluding steroid dienone is 1. The maximum atomic E-state index is 13.3. The number of hydrogen-bond acceptors (Lipinski definition) is 6. The average Bonchev–Trinajstić information content (AvgIpc) is 3.05. The summed E-state index contributed by atoms with van der Waals surface area (Å²) in [5.74, 6) is 1.14. The van der Waals surface area contributed by atoms with Gasteiger partial charge in [0.25, 0.3) is 5.91 Å². The van der Waals surface area contributed by atoms with Crippen LogP contribution in [0.1, 0.15) is 18.1 Å². The Labute approximate surface area is 187 Å². The number of benzene rings is 2. The molecule has 7 heteroatoms. The quantitative estimate of drug-likeness (QED) is 0.464. The number of amides is 1. The molecular formula is C25H27NO6. The van der Waals surface area contributed by atoms with Gasteiger partial charge in [0.2, 0.25) is 0 Å². The molecule has 0 aliphatic carbocycles. The van der Waals surface area contributed by atoms with Crippen LogP contribution in [0, 0.1) is 0 Å². The van der Waals surface area contributed by atoms with Crippen LogP contribution in [-0.4, -0.2) is 51.8 Å². The fourth-order valence-corrected chi connectivity index (χ4v) is 3.67. The topological polar surface area (TPSA) is 74.3 Å². The van der Waals surface area contributed by atoms with Crippen LogP contribution in [0.3, 0.4) is 0 Å². The number of hydrogen-bond donors (Lipinski definition) is 0. The molecule has 2 aromatic rings. The molecule has 3 rings (SSSR count). The van der Waals surface area contributed by atoms with Crippen LogP contribution in [0.5, 0.6) is 17.2 Å². The van der Waals surface area contributed by atoms with Gasteiger partial charge in [-0.2, -0.15) is 0 Å². The third kappa shape index (κ3) is 4.61. The molecule has 0 atom stereocenters. The van der Waals surface area contributed by atoms with Crippen LogP contribution in [0.15, 0.2) is 59.3 Å². The molecule has 32 heavy (non-hydrogen) atoms. The Morgan fingerprint density at radius 2 is 1.72 bits per heavy atom. The first-order valence-corrected chi connectivity index (χ1v) is 10.1. The van der Waals surface area contributed by atoms with E-state index in [1.54, 1.807) is 45.3 Å². The second-order valence-electron chi connectivity index (χ2n) is 7.18. The highest BCUT2D eigenvalue weighted by Crippen LogP contribution is 2.33. The van der Waals surface area contributed by atoms with Gasteiger partial charge in [-0.1, -0.05) is 18.2 Å². The zero-order valence-electron chi connectivity index (χ0n) is 18.9. The SMILES string of the molecule is COC(=O)C1=C(C)N(CCc2ccc(OC)c(OC)c2)C(=O)/C1=C\c1cccc(OC)c1. The first-order valence-electron chi connectivity index (χ1n) is 10.1. The van der Waals surface area contributed by atoms with E-state index in [1.807, 2.05) is 36.4 Å². The molecule has 1 heterocycles. The summed E-state index contributed by atoms with van der Waals surface area (Å²) >= 11 is 0. The highest BCUT2D eigenvalue weighted by molar-refractivity contribution is 6.16. The van der Waals surface area contributed by atoms with Crippen molar-refractivity contribution in [2.75, 3.05) is 35.0 Å². The maximum absolute atomic E-state index is 13.3. The molecule has 0 bridgehead atoms. The smallest absolute Gasteiger partial charge is 0.340 e. The molecule has 2 aromatic carbocycles. The summed E-state index contributed by atoms with van der Waals surface area (Å²) in [5.41, 5.74) is 2.87. The maximum Gasteiger partial charge on any atom is 0.340 e. The summed E-state index contributed by atoms with van der Waals surface area (Å²) < 4.78 is 20.9. The number of carbonyl (C=O) groups excluding carboxylic acids is 2. The molecule has 0 saturated heterocycles. The van der Waals surface area contributed by atoms with Gasteiger partial charge in [-0.25, -0.2) is 4.79 Å². The third-order valence-corrected chi connectivity index (χ3v) is 5.38. The van der Waals surface area contributed by atoms with Gasteiger partial charge in [0.05, 0.1) is 39.6 Å². The average molecular weight is 437 g/mol. The molecular weight excluding hydrogens is 410 g/mol. The van der Waals surface area contributed by atoms with Crippen molar-refractivity contribution in [1.82, 2.24) is 4.90 Å². The van der Waals surface area contributed by atoms with Gasteiger partial charge in [-0.3, -0.25) is 4.79 Å². The molecule has 7 nitrogen and oxygen atoms in total. The Bertz CT molecular complexity index is 1090. The van der Waals surface area contributed by atoms with Gasteiger partial charge < -0.3 is 23.8 Å². The minimum atomic E-state index is -0.543. The molecule has 1 aliphatic rings. The number of methoxy groups -OCH3 is 4. The second-order valence-corrected chi connectivity index (χ2v) is 7.18. The predicted molar refractivity (Wildman–Crippen MR) is 121 cm³/mol. The van der Waals surface area contributed by atoms with Crippen molar-refractivity contribution in [3.63, 3.8) is 0 Å². The first-order chi connectivity index (χ1) is 15.4. The predicted octanol–water partition coefficient (Wildman–Crippen LogP) is 3.63. The van der Waals surface area contributed by atoms with Gasteiger partial charge in [0.15, 0.2) is 11.5 Å². The lowest BCUT2D eigenvalue weighted by molar-refractivity contribution is -0.136. The zero-order chi connectivity index (χ0) is 23.3. The summed E-state index contributed by atoms with van der Waals surface area (Å²) in [5, 5.41) is 0.